The second kappa shape index (κ2) is 6.96. The van der Waals surface area contributed by atoms with Gasteiger partial charge in [0.15, 0.2) is 0 Å². The summed E-state index contributed by atoms with van der Waals surface area (Å²) in [4.78, 5) is 1.10. The summed E-state index contributed by atoms with van der Waals surface area (Å²) in [5.41, 5.74) is 4.69. The van der Waals surface area contributed by atoms with Crippen LogP contribution in [0.1, 0.15) is 11.1 Å². The minimum atomic E-state index is -0.254. The van der Waals surface area contributed by atoms with E-state index in [1.54, 1.807) is 0 Å². The van der Waals surface area contributed by atoms with Crippen LogP contribution in [0.25, 0.3) is 0 Å². The van der Waals surface area contributed by atoms with E-state index in [0.29, 0.717) is 12.1 Å². The summed E-state index contributed by atoms with van der Waals surface area (Å²) in [6, 6.07) is 17.3. The first-order valence-corrected chi connectivity index (χ1v) is 7.66. The molecule has 0 fully saturated rings. The molecule has 1 atom stereocenters. The van der Waals surface area contributed by atoms with Gasteiger partial charge in [-0.1, -0.05) is 22.8 Å². The van der Waals surface area contributed by atoms with Gasteiger partial charge in [0, 0.05) is 11.4 Å². The Kier molecular flexibility index (Phi) is 5.02. The number of nitrogens with zero attached hydrogens (tertiary/aromatic N) is 2. The predicted molar refractivity (Wildman–Crippen MR) is 79.9 cm³/mol. The fourth-order valence-electron chi connectivity index (χ4n) is 1.70. The maximum absolute atomic E-state index is 8.78. The second-order valence-corrected chi connectivity index (χ2v) is 5.82. The first-order valence-electron chi connectivity index (χ1n) is 6.07. The van der Waals surface area contributed by atoms with Crippen LogP contribution in [0.2, 0.25) is 0 Å². The maximum Gasteiger partial charge on any atom is 0.0991 e. The first kappa shape index (κ1) is 14.4. The molecule has 0 saturated heterocycles. The van der Waals surface area contributed by atoms with E-state index in [0.717, 1.165) is 16.1 Å². The molecule has 0 aliphatic carbocycles. The van der Waals surface area contributed by atoms with Crippen molar-refractivity contribution in [2.75, 3.05) is 6.26 Å². The summed E-state index contributed by atoms with van der Waals surface area (Å²) in [6.07, 6.45) is 2.05. The van der Waals surface area contributed by atoms with E-state index < -0.39 is 0 Å². The molecular formula is C15H15N3OS. The van der Waals surface area contributed by atoms with Crippen molar-refractivity contribution in [3.8, 4) is 6.07 Å². The Balaban J connectivity index is 2.18. The number of hydrogen-bond acceptors (Lipinski definition) is 4. The van der Waals surface area contributed by atoms with Crippen LogP contribution in [-0.2, 0) is 17.2 Å². The van der Waals surface area contributed by atoms with Crippen LogP contribution in [0.4, 0.5) is 5.69 Å². The molecule has 2 aromatic rings. The summed E-state index contributed by atoms with van der Waals surface area (Å²) in [6.45, 7) is 0.424. The number of nitriles is 1. The van der Waals surface area contributed by atoms with E-state index >= 15 is 0 Å². The molecule has 0 spiro atoms. The van der Waals surface area contributed by atoms with Gasteiger partial charge < -0.3 is 5.21 Å². The molecular weight excluding hydrogens is 270 g/mol. The minimum absolute atomic E-state index is 0.254. The molecule has 0 amide bonds. The van der Waals surface area contributed by atoms with Gasteiger partial charge in [0.2, 0.25) is 0 Å². The lowest BCUT2D eigenvalue weighted by Crippen LogP contribution is -2.05. The molecule has 0 radical (unpaired) electrons. The van der Waals surface area contributed by atoms with E-state index in [-0.39, 0.29) is 10.7 Å². The molecule has 0 bridgehead atoms. The van der Waals surface area contributed by atoms with Crippen molar-refractivity contribution in [1.29, 1.82) is 5.26 Å². The zero-order chi connectivity index (χ0) is 14.4. The van der Waals surface area contributed by atoms with Crippen molar-refractivity contribution in [2.45, 2.75) is 11.4 Å². The summed E-state index contributed by atoms with van der Waals surface area (Å²) in [7, 11) is -0.254. The van der Waals surface area contributed by atoms with Gasteiger partial charge in [-0.3, -0.25) is 0 Å². The van der Waals surface area contributed by atoms with Gasteiger partial charge in [-0.25, -0.2) is 9.84 Å². The molecule has 2 rings (SSSR count). The van der Waals surface area contributed by atoms with E-state index in [1.807, 2.05) is 54.8 Å². The van der Waals surface area contributed by atoms with Gasteiger partial charge in [-0.05, 0) is 48.2 Å². The Labute approximate surface area is 120 Å². The number of nitrogens with one attached hydrogen (secondary N) is 1. The van der Waals surface area contributed by atoms with Gasteiger partial charge in [0.05, 0.1) is 17.3 Å². The normalized spacial score (nSPS) is 12.1. The van der Waals surface area contributed by atoms with E-state index in [9.17, 15) is 0 Å². The zero-order valence-electron chi connectivity index (χ0n) is 11.1. The Morgan fingerprint density at radius 3 is 2.35 bits per heavy atom. The van der Waals surface area contributed by atoms with Crippen LogP contribution in [0.3, 0.4) is 0 Å². The molecule has 5 heteroatoms. The Morgan fingerprint density at radius 1 is 1.15 bits per heavy atom. The van der Waals surface area contributed by atoms with Gasteiger partial charge >= 0.3 is 0 Å². The highest BCUT2D eigenvalue weighted by Gasteiger charge is 1.98. The smallest absolute Gasteiger partial charge is 0.0991 e. The zero-order valence-corrected chi connectivity index (χ0v) is 11.9. The SMILES string of the molecule is CS(=Nc1ccc(CNO)cc1)c1ccc(C#N)cc1. The molecule has 2 aromatic carbocycles. The summed E-state index contributed by atoms with van der Waals surface area (Å²) < 4.78 is 4.65. The molecule has 0 aliphatic rings. The largest absolute Gasteiger partial charge is 0.316 e. The summed E-state index contributed by atoms with van der Waals surface area (Å²) >= 11 is 0. The summed E-state index contributed by atoms with van der Waals surface area (Å²) in [5.74, 6) is 0. The third-order valence-electron chi connectivity index (χ3n) is 2.79. The molecule has 1 unspecified atom stereocenters. The number of rotatable bonds is 4. The van der Waals surface area contributed by atoms with E-state index in [4.69, 9.17) is 10.5 Å². The highest BCUT2D eigenvalue weighted by molar-refractivity contribution is 7.86. The lowest BCUT2D eigenvalue weighted by Gasteiger charge is -2.04. The van der Waals surface area contributed by atoms with Gasteiger partial charge in [0.1, 0.15) is 0 Å². The Morgan fingerprint density at radius 2 is 1.80 bits per heavy atom. The minimum Gasteiger partial charge on any atom is -0.316 e. The predicted octanol–water partition coefficient (Wildman–Crippen LogP) is 3.16. The Bertz CT molecular complexity index is 642. The van der Waals surface area contributed by atoms with Gasteiger partial charge in [-0.15, -0.1) is 0 Å². The van der Waals surface area contributed by atoms with Crippen LogP contribution in [0.15, 0.2) is 57.8 Å². The Hall–Kier alpha value is -2.00. The molecule has 4 nitrogen and oxygen atoms in total. The molecule has 102 valence electrons. The average Bonchev–Trinajstić information content (AvgIpc) is 2.49. The highest BCUT2D eigenvalue weighted by Crippen LogP contribution is 2.17. The maximum atomic E-state index is 8.78. The van der Waals surface area contributed by atoms with E-state index in [1.165, 1.54) is 0 Å². The van der Waals surface area contributed by atoms with Crippen LogP contribution in [0, 0.1) is 11.3 Å². The van der Waals surface area contributed by atoms with Crippen molar-refractivity contribution in [1.82, 2.24) is 5.48 Å². The van der Waals surface area contributed by atoms with Gasteiger partial charge in [-0.2, -0.15) is 5.26 Å². The fourth-order valence-corrected chi connectivity index (χ4v) is 2.78. The fraction of sp³-hybridized carbons (Fsp3) is 0.133. The van der Waals surface area contributed by atoms with Crippen molar-refractivity contribution in [2.24, 2.45) is 4.36 Å². The van der Waals surface area contributed by atoms with Crippen molar-refractivity contribution in [3.05, 3.63) is 59.7 Å². The number of benzene rings is 2. The van der Waals surface area contributed by atoms with E-state index in [2.05, 4.69) is 15.9 Å². The van der Waals surface area contributed by atoms with Crippen molar-refractivity contribution >= 4 is 16.4 Å². The first-order chi connectivity index (χ1) is 9.72. The quantitative estimate of drug-likeness (QED) is 0.848. The molecule has 2 N–H and O–H groups in total. The lowest BCUT2D eigenvalue weighted by atomic mass is 10.2. The number of hydrogen-bond donors (Lipinski definition) is 2. The van der Waals surface area contributed by atoms with Crippen LogP contribution >= 0.6 is 0 Å². The van der Waals surface area contributed by atoms with Crippen LogP contribution < -0.4 is 5.48 Å². The lowest BCUT2D eigenvalue weighted by molar-refractivity contribution is 0.161. The molecule has 0 aromatic heterocycles. The van der Waals surface area contributed by atoms with Gasteiger partial charge in [0.25, 0.3) is 0 Å². The third-order valence-corrected chi connectivity index (χ3v) is 4.23. The molecule has 0 saturated carbocycles. The monoisotopic (exact) mass is 285 g/mol. The van der Waals surface area contributed by atoms with Crippen LogP contribution in [0.5, 0.6) is 0 Å². The van der Waals surface area contributed by atoms with Crippen molar-refractivity contribution < 1.29 is 5.21 Å². The summed E-state index contributed by atoms with van der Waals surface area (Å²) in [5, 5.41) is 17.4. The van der Waals surface area contributed by atoms with Crippen molar-refractivity contribution in [3.63, 3.8) is 0 Å². The third kappa shape index (κ3) is 3.75. The molecule has 0 aliphatic heterocycles. The average molecular weight is 285 g/mol. The molecule has 20 heavy (non-hydrogen) atoms. The topological polar surface area (TPSA) is 68.4 Å². The van der Waals surface area contributed by atoms with Crippen LogP contribution in [-0.4, -0.2) is 11.5 Å². The molecule has 0 heterocycles. The highest BCUT2D eigenvalue weighted by atomic mass is 32.2. The second-order valence-electron chi connectivity index (χ2n) is 4.21. The number of hydroxylamine groups is 1. The standard InChI is InChI=1S/C15H15N3OS/c1-20(15-8-4-12(10-16)5-9-15)18-14-6-2-13(3-7-14)11-17-19/h2-9,17,19H,11H2,1H3.